The van der Waals surface area contributed by atoms with Crippen molar-refractivity contribution in [3.63, 3.8) is 0 Å². The molecule has 0 fully saturated rings. The standard InChI is InChI=1S/C26H35NO6/c1-15(2)8-6-9-16(3)10-7-11-26(5)22(29)13-19-21(28)12-18-20(23(19)33-26)14-27(24(18)30)17(4)25(31)32/h8,10,12,17,22,28-29H,6-7,9,11,13-14H2,1-5H3,(H,31,32)/b16-10+/t17-,22-,26-/m0/s1. The Hall–Kier alpha value is -2.80. The molecule has 0 spiro atoms. The van der Waals surface area contributed by atoms with Crippen molar-refractivity contribution in [2.45, 2.75) is 91.0 Å². The fourth-order valence-corrected chi connectivity index (χ4v) is 4.47. The number of ether oxygens (including phenoxy) is 1. The van der Waals surface area contributed by atoms with Gasteiger partial charge < -0.3 is 25.0 Å². The first-order valence-corrected chi connectivity index (χ1v) is 11.5. The summed E-state index contributed by atoms with van der Waals surface area (Å²) >= 11 is 0. The van der Waals surface area contributed by atoms with Crippen molar-refractivity contribution in [3.05, 3.63) is 46.1 Å². The summed E-state index contributed by atoms with van der Waals surface area (Å²) in [5.74, 6) is -1.25. The zero-order valence-corrected chi connectivity index (χ0v) is 20.1. The Labute approximate surface area is 195 Å². The minimum Gasteiger partial charge on any atom is -0.508 e. The molecule has 7 heteroatoms. The number of aliphatic carboxylic acids is 1. The molecule has 3 N–H and O–H groups in total. The van der Waals surface area contributed by atoms with E-state index in [4.69, 9.17) is 4.74 Å². The number of aliphatic hydroxyl groups is 1. The van der Waals surface area contributed by atoms with E-state index in [0.717, 1.165) is 19.3 Å². The Morgan fingerprint density at radius 2 is 1.97 bits per heavy atom. The Bertz CT molecular complexity index is 1010. The van der Waals surface area contributed by atoms with Crippen LogP contribution in [0, 0.1) is 0 Å². The molecule has 7 nitrogen and oxygen atoms in total. The first kappa shape index (κ1) is 24.8. The number of phenolic OH excluding ortho intramolecular Hbond substituents is 1. The first-order valence-electron chi connectivity index (χ1n) is 11.5. The van der Waals surface area contributed by atoms with E-state index >= 15 is 0 Å². The number of benzene rings is 1. The molecule has 2 aliphatic rings. The maximum absolute atomic E-state index is 12.8. The normalized spacial score (nSPS) is 23.0. The summed E-state index contributed by atoms with van der Waals surface area (Å²) in [4.78, 5) is 25.5. The highest BCUT2D eigenvalue weighted by Gasteiger charge is 2.45. The molecular formula is C26H35NO6. The van der Waals surface area contributed by atoms with Gasteiger partial charge in [0.2, 0.25) is 0 Å². The number of hydrogen-bond acceptors (Lipinski definition) is 5. The predicted molar refractivity (Wildman–Crippen MR) is 125 cm³/mol. The molecule has 0 radical (unpaired) electrons. The van der Waals surface area contributed by atoms with Gasteiger partial charge in [0, 0.05) is 17.5 Å². The largest absolute Gasteiger partial charge is 0.508 e. The van der Waals surface area contributed by atoms with Crippen molar-refractivity contribution in [2.24, 2.45) is 0 Å². The summed E-state index contributed by atoms with van der Waals surface area (Å²) in [5.41, 5.74) is 2.99. The quantitative estimate of drug-likeness (QED) is 0.501. The topological polar surface area (TPSA) is 107 Å². The van der Waals surface area contributed by atoms with Gasteiger partial charge in [-0.1, -0.05) is 23.3 Å². The third-order valence-corrected chi connectivity index (χ3v) is 6.77. The molecule has 0 unspecified atom stereocenters. The number of nitrogens with zero attached hydrogens (tertiary/aromatic N) is 1. The third kappa shape index (κ3) is 5.08. The van der Waals surface area contributed by atoms with Crippen molar-refractivity contribution in [1.82, 2.24) is 4.90 Å². The molecule has 1 aromatic rings. The summed E-state index contributed by atoms with van der Waals surface area (Å²) < 4.78 is 6.31. The number of hydrogen-bond donors (Lipinski definition) is 3. The van der Waals surface area contributed by atoms with Gasteiger partial charge in [-0.3, -0.25) is 4.79 Å². The van der Waals surface area contributed by atoms with Gasteiger partial charge in [-0.2, -0.15) is 0 Å². The number of aromatic hydroxyl groups is 1. The van der Waals surface area contributed by atoms with Crippen LogP contribution in [0.5, 0.6) is 11.5 Å². The summed E-state index contributed by atoms with van der Waals surface area (Å²) in [6.07, 6.45) is 7.05. The Balaban J connectivity index is 1.81. The van der Waals surface area contributed by atoms with Crippen LogP contribution >= 0.6 is 0 Å². The van der Waals surface area contributed by atoms with E-state index in [1.54, 1.807) is 0 Å². The van der Waals surface area contributed by atoms with Crippen LogP contribution in [-0.2, 0) is 17.8 Å². The van der Waals surface area contributed by atoms with E-state index in [0.29, 0.717) is 23.3 Å². The van der Waals surface area contributed by atoms with Gasteiger partial charge in [0.15, 0.2) is 0 Å². The molecule has 3 atom stereocenters. The predicted octanol–water partition coefficient (Wildman–Crippen LogP) is 4.35. The lowest BCUT2D eigenvalue weighted by atomic mass is 9.84. The van der Waals surface area contributed by atoms with Crippen LogP contribution in [0.25, 0.3) is 0 Å². The number of carbonyl (C=O) groups is 2. The number of rotatable bonds is 8. The number of carbonyl (C=O) groups excluding carboxylic acids is 1. The minimum absolute atomic E-state index is 0.0970. The maximum Gasteiger partial charge on any atom is 0.326 e. The number of aliphatic hydroxyl groups excluding tert-OH is 1. The fraction of sp³-hybridized carbons (Fsp3) is 0.538. The Kier molecular flexibility index (Phi) is 7.22. The summed E-state index contributed by atoms with van der Waals surface area (Å²) in [5, 5.41) is 30.8. The van der Waals surface area contributed by atoms with Gasteiger partial charge in [0.05, 0.1) is 18.2 Å². The van der Waals surface area contributed by atoms with Crippen LogP contribution in [0.4, 0.5) is 0 Å². The molecule has 2 heterocycles. The van der Waals surface area contributed by atoms with Crippen LogP contribution in [0.1, 0.15) is 81.8 Å². The van der Waals surface area contributed by atoms with Gasteiger partial charge in [0.25, 0.3) is 5.91 Å². The van der Waals surface area contributed by atoms with Gasteiger partial charge in [-0.25, -0.2) is 4.79 Å². The van der Waals surface area contributed by atoms with E-state index in [1.807, 2.05) is 6.92 Å². The smallest absolute Gasteiger partial charge is 0.326 e. The average molecular weight is 458 g/mol. The van der Waals surface area contributed by atoms with Crippen LogP contribution in [0.15, 0.2) is 29.4 Å². The van der Waals surface area contributed by atoms with Crippen molar-refractivity contribution in [2.75, 3.05) is 0 Å². The van der Waals surface area contributed by atoms with Crippen molar-refractivity contribution in [3.8, 4) is 11.5 Å². The highest BCUT2D eigenvalue weighted by Crippen LogP contribution is 2.46. The van der Waals surface area contributed by atoms with Crippen LogP contribution < -0.4 is 4.74 Å². The molecule has 180 valence electrons. The zero-order valence-electron chi connectivity index (χ0n) is 20.1. The Morgan fingerprint density at radius 3 is 2.61 bits per heavy atom. The van der Waals surface area contributed by atoms with Gasteiger partial charge in [-0.15, -0.1) is 0 Å². The summed E-state index contributed by atoms with van der Waals surface area (Å²) in [6.45, 7) is 9.67. The lowest BCUT2D eigenvalue weighted by Gasteiger charge is -2.41. The number of fused-ring (bicyclic) bond motifs is 3. The van der Waals surface area contributed by atoms with Crippen molar-refractivity contribution < 1.29 is 29.6 Å². The molecule has 3 rings (SSSR count). The molecule has 0 saturated heterocycles. The molecule has 0 bridgehead atoms. The molecule has 0 aromatic heterocycles. The van der Waals surface area contributed by atoms with Crippen LogP contribution in [0.3, 0.4) is 0 Å². The van der Waals surface area contributed by atoms with Gasteiger partial charge in [-0.05, 0) is 66.4 Å². The number of amides is 1. The number of carboxylic acid groups (broad SMARTS) is 1. The highest BCUT2D eigenvalue weighted by molar-refractivity contribution is 6.01. The number of phenols is 1. The molecule has 1 amide bonds. The van der Waals surface area contributed by atoms with Crippen molar-refractivity contribution in [1.29, 1.82) is 0 Å². The summed E-state index contributed by atoms with van der Waals surface area (Å²) in [6, 6.07) is 0.366. The minimum atomic E-state index is -1.10. The summed E-state index contributed by atoms with van der Waals surface area (Å²) in [7, 11) is 0. The van der Waals surface area contributed by atoms with Crippen LogP contribution in [-0.4, -0.2) is 49.8 Å². The zero-order chi connectivity index (χ0) is 24.5. The van der Waals surface area contributed by atoms with E-state index in [9.17, 15) is 24.9 Å². The lowest BCUT2D eigenvalue weighted by Crippen LogP contribution is -2.49. The SMILES string of the molecule is CC(C)=CCC/C(C)=C/CC[C@]1(C)Oc2c(c(O)cc3c2CN([C@@H](C)C(=O)O)C3=O)C[C@@H]1O. The van der Waals surface area contributed by atoms with E-state index < -0.39 is 29.6 Å². The van der Waals surface area contributed by atoms with E-state index in [-0.39, 0.29) is 24.3 Å². The monoisotopic (exact) mass is 457 g/mol. The lowest BCUT2D eigenvalue weighted by molar-refractivity contribution is -0.141. The second-order valence-corrected chi connectivity index (χ2v) is 9.72. The second kappa shape index (κ2) is 9.59. The first-order chi connectivity index (χ1) is 15.4. The fourth-order valence-electron chi connectivity index (χ4n) is 4.47. The molecule has 1 aromatic carbocycles. The van der Waals surface area contributed by atoms with Gasteiger partial charge >= 0.3 is 5.97 Å². The van der Waals surface area contributed by atoms with E-state index in [2.05, 4.69) is 32.9 Å². The van der Waals surface area contributed by atoms with E-state index in [1.165, 1.54) is 29.0 Å². The molecule has 33 heavy (non-hydrogen) atoms. The molecule has 0 aliphatic carbocycles. The molecule has 2 aliphatic heterocycles. The molecule has 0 saturated carbocycles. The van der Waals surface area contributed by atoms with Crippen molar-refractivity contribution >= 4 is 11.9 Å². The highest BCUT2D eigenvalue weighted by atomic mass is 16.5. The average Bonchev–Trinajstić information content (AvgIpc) is 3.05. The third-order valence-electron chi connectivity index (χ3n) is 6.77. The molecular weight excluding hydrogens is 422 g/mol. The second-order valence-electron chi connectivity index (χ2n) is 9.72. The maximum atomic E-state index is 12.8. The van der Waals surface area contributed by atoms with Gasteiger partial charge in [0.1, 0.15) is 23.1 Å². The number of carboxylic acids is 1. The van der Waals surface area contributed by atoms with Crippen LogP contribution in [0.2, 0.25) is 0 Å². The number of allylic oxidation sites excluding steroid dienone is 4. The Morgan fingerprint density at radius 1 is 1.27 bits per heavy atom.